The van der Waals surface area contributed by atoms with E-state index in [9.17, 15) is 14.4 Å². The Balaban J connectivity index is 2.04. The normalized spacial score (nSPS) is 20.3. The SMILES string of the molecule is C=CCOC(=O)N[C@H]1NC(=O)[C@@H]1[C@@H](C=C=O)Sc1ccccc1. The number of ether oxygens (including phenoxy) is 1. The van der Waals surface area contributed by atoms with Gasteiger partial charge >= 0.3 is 6.09 Å². The van der Waals surface area contributed by atoms with Crippen molar-refractivity contribution in [3.63, 3.8) is 0 Å². The number of hydrogen-bond acceptors (Lipinski definition) is 5. The van der Waals surface area contributed by atoms with Gasteiger partial charge in [0, 0.05) is 11.0 Å². The van der Waals surface area contributed by atoms with Gasteiger partial charge in [0.05, 0.1) is 11.2 Å². The van der Waals surface area contributed by atoms with Gasteiger partial charge in [-0.15, -0.1) is 11.8 Å². The van der Waals surface area contributed by atoms with Crippen LogP contribution in [0.3, 0.4) is 0 Å². The number of thioether (sulfide) groups is 1. The molecule has 0 aliphatic carbocycles. The summed E-state index contributed by atoms with van der Waals surface area (Å²) in [6, 6.07) is 9.38. The molecule has 0 saturated carbocycles. The Bertz CT molecular complexity index is 628. The summed E-state index contributed by atoms with van der Waals surface area (Å²) < 4.78 is 4.83. The zero-order valence-corrected chi connectivity index (χ0v) is 13.0. The minimum atomic E-state index is -0.654. The van der Waals surface area contributed by atoms with Crippen molar-refractivity contribution in [3.8, 4) is 0 Å². The molecular weight excluding hydrogens is 316 g/mol. The molecule has 6 nitrogen and oxygen atoms in total. The molecule has 1 heterocycles. The Morgan fingerprint density at radius 1 is 1.48 bits per heavy atom. The molecule has 3 atom stereocenters. The van der Waals surface area contributed by atoms with Crippen molar-refractivity contribution in [3.05, 3.63) is 49.1 Å². The van der Waals surface area contributed by atoms with Gasteiger partial charge in [-0.3, -0.25) is 4.79 Å². The zero-order valence-electron chi connectivity index (χ0n) is 12.2. The van der Waals surface area contributed by atoms with Gasteiger partial charge in [0.2, 0.25) is 5.91 Å². The Labute approximate surface area is 138 Å². The lowest BCUT2D eigenvalue weighted by Gasteiger charge is -2.39. The van der Waals surface area contributed by atoms with E-state index in [1.54, 1.807) is 5.94 Å². The van der Waals surface area contributed by atoms with Gasteiger partial charge in [-0.2, -0.15) is 0 Å². The van der Waals surface area contributed by atoms with Crippen LogP contribution < -0.4 is 10.6 Å². The van der Waals surface area contributed by atoms with Crippen LogP contribution in [0.15, 0.2) is 54.0 Å². The number of rotatable bonds is 7. The van der Waals surface area contributed by atoms with Crippen LogP contribution in [0.1, 0.15) is 0 Å². The van der Waals surface area contributed by atoms with Gasteiger partial charge in [0.15, 0.2) is 0 Å². The molecule has 120 valence electrons. The van der Waals surface area contributed by atoms with E-state index in [0.29, 0.717) is 0 Å². The fraction of sp³-hybridized carbons (Fsp3) is 0.250. The molecule has 1 aliphatic rings. The van der Waals surface area contributed by atoms with Crippen molar-refractivity contribution in [1.82, 2.24) is 10.6 Å². The molecule has 0 spiro atoms. The van der Waals surface area contributed by atoms with Crippen LogP contribution >= 0.6 is 11.8 Å². The van der Waals surface area contributed by atoms with E-state index in [2.05, 4.69) is 17.2 Å². The number of alkyl carbamates (subject to hydrolysis) is 1. The van der Waals surface area contributed by atoms with Gasteiger partial charge in [-0.25, -0.2) is 9.59 Å². The van der Waals surface area contributed by atoms with E-state index in [1.807, 2.05) is 30.3 Å². The Morgan fingerprint density at radius 3 is 2.83 bits per heavy atom. The number of β-lactam (4-membered cyclic amide) rings is 1. The number of hydrogen-bond donors (Lipinski definition) is 2. The Hall–Kier alpha value is -2.50. The highest BCUT2D eigenvalue weighted by Crippen LogP contribution is 2.33. The predicted octanol–water partition coefficient (Wildman–Crippen LogP) is 1.52. The van der Waals surface area contributed by atoms with Gasteiger partial charge in [0.25, 0.3) is 0 Å². The molecular formula is C16H16N2O4S. The van der Waals surface area contributed by atoms with Crippen LogP contribution in [0.25, 0.3) is 0 Å². The predicted molar refractivity (Wildman–Crippen MR) is 86.5 cm³/mol. The Kier molecular flexibility index (Phi) is 6.02. The number of nitrogens with one attached hydrogen (secondary N) is 2. The first kappa shape index (κ1) is 16.9. The molecule has 1 fully saturated rings. The first-order valence-electron chi connectivity index (χ1n) is 6.93. The summed E-state index contributed by atoms with van der Waals surface area (Å²) >= 11 is 1.36. The number of benzene rings is 1. The number of carbonyl (C=O) groups is 2. The second kappa shape index (κ2) is 8.22. The first-order valence-corrected chi connectivity index (χ1v) is 7.81. The largest absolute Gasteiger partial charge is 0.445 e. The molecule has 7 heteroatoms. The summed E-state index contributed by atoms with van der Waals surface area (Å²) in [5, 5.41) is 4.70. The fourth-order valence-corrected chi connectivity index (χ4v) is 3.28. The van der Waals surface area contributed by atoms with Gasteiger partial charge < -0.3 is 15.4 Å². The van der Waals surface area contributed by atoms with Crippen molar-refractivity contribution in [1.29, 1.82) is 0 Å². The molecule has 1 aromatic rings. The van der Waals surface area contributed by atoms with Crippen LogP contribution in [-0.2, 0) is 14.3 Å². The zero-order chi connectivity index (χ0) is 16.7. The third kappa shape index (κ3) is 4.48. The second-order valence-corrected chi connectivity index (χ2v) is 5.97. The lowest BCUT2D eigenvalue weighted by molar-refractivity contribution is -0.135. The molecule has 1 aromatic carbocycles. The van der Waals surface area contributed by atoms with Crippen molar-refractivity contribution < 1.29 is 19.1 Å². The minimum absolute atomic E-state index is 0.0770. The summed E-state index contributed by atoms with van der Waals surface area (Å²) in [6.07, 6.45) is 1.49. The van der Waals surface area contributed by atoms with Gasteiger partial charge in [-0.05, 0) is 12.1 Å². The van der Waals surface area contributed by atoms with Crippen molar-refractivity contribution in [2.45, 2.75) is 16.3 Å². The standard InChI is InChI=1S/C16H16N2O4S/c1-2-10-22-16(21)18-14-13(15(20)17-14)12(8-9-19)23-11-6-4-3-5-7-11/h2-8,12-14H,1,10H2,(H,17,20)(H,18,21)/t12-,13-,14-/m1/s1. The maximum Gasteiger partial charge on any atom is 0.409 e. The highest BCUT2D eigenvalue weighted by atomic mass is 32.2. The smallest absolute Gasteiger partial charge is 0.409 e. The van der Waals surface area contributed by atoms with Gasteiger partial charge in [0.1, 0.15) is 18.7 Å². The van der Waals surface area contributed by atoms with Crippen LogP contribution in [0.5, 0.6) is 0 Å². The molecule has 0 unspecified atom stereocenters. The molecule has 0 bridgehead atoms. The second-order valence-electron chi connectivity index (χ2n) is 4.72. The summed E-state index contributed by atoms with van der Waals surface area (Å²) in [5.74, 6) is 0.924. The maximum atomic E-state index is 11.9. The summed E-state index contributed by atoms with van der Waals surface area (Å²) in [7, 11) is 0. The van der Waals surface area contributed by atoms with E-state index < -0.39 is 23.4 Å². The average Bonchev–Trinajstić information content (AvgIpc) is 2.53. The lowest BCUT2D eigenvalue weighted by atomic mass is 9.93. The lowest BCUT2D eigenvalue weighted by Crippen LogP contribution is -2.68. The van der Waals surface area contributed by atoms with E-state index in [4.69, 9.17) is 4.74 Å². The number of amides is 2. The first-order chi connectivity index (χ1) is 11.2. The quantitative estimate of drug-likeness (QED) is 0.342. The third-order valence-corrected chi connectivity index (χ3v) is 4.41. The van der Waals surface area contributed by atoms with E-state index in [0.717, 1.165) is 4.90 Å². The molecule has 1 saturated heterocycles. The fourth-order valence-electron chi connectivity index (χ4n) is 2.10. The molecule has 0 radical (unpaired) electrons. The minimum Gasteiger partial charge on any atom is -0.445 e. The van der Waals surface area contributed by atoms with Crippen LogP contribution in [0, 0.1) is 5.92 Å². The van der Waals surface area contributed by atoms with Crippen LogP contribution in [0.4, 0.5) is 4.79 Å². The molecule has 1 aliphatic heterocycles. The van der Waals surface area contributed by atoms with Crippen LogP contribution in [0.2, 0.25) is 0 Å². The highest BCUT2D eigenvalue weighted by Gasteiger charge is 2.45. The highest BCUT2D eigenvalue weighted by molar-refractivity contribution is 8.00. The monoisotopic (exact) mass is 332 g/mol. The molecule has 2 amide bonds. The van der Waals surface area contributed by atoms with E-state index in [1.165, 1.54) is 23.9 Å². The van der Waals surface area contributed by atoms with Crippen molar-refractivity contribution in [2.24, 2.45) is 5.92 Å². The Morgan fingerprint density at radius 2 is 2.22 bits per heavy atom. The molecule has 23 heavy (non-hydrogen) atoms. The summed E-state index contributed by atoms with van der Waals surface area (Å²) in [5.41, 5.74) is 0. The molecule has 2 rings (SSSR count). The maximum absolute atomic E-state index is 11.9. The summed E-state index contributed by atoms with van der Waals surface area (Å²) in [4.78, 5) is 35.1. The number of carbonyl (C=O) groups excluding carboxylic acids is 3. The molecule has 0 aromatic heterocycles. The van der Waals surface area contributed by atoms with Gasteiger partial charge in [-0.1, -0.05) is 30.9 Å². The molecule has 2 N–H and O–H groups in total. The van der Waals surface area contributed by atoms with Crippen molar-refractivity contribution in [2.75, 3.05) is 6.61 Å². The van der Waals surface area contributed by atoms with Crippen LogP contribution in [-0.4, -0.2) is 36.0 Å². The average molecular weight is 332 g/mol. The van der Waals surface area contributed by atoms with Crippen molar-refractivity contribution >= 4 is 29.7 Å². The van der Waals surface area contributed by atoms with E-state index >= 15 is 0 Å². The third-order valence-electron chi connectivity index (χ3n) is 3.17. The summed E-state index contributed by atoms with van der Waals surface area (Å²) in [6.45, 7) is 3.52. The topological polar surface area (TPSA) is 84.5 Å². The van der Waals surface area contributed by atoms with E-state index in [-0.39, 0.29) is 12.5 Å².